The zero-order valence-electron chi connectivity index (χ0n) is 20.2. The van der Waals surface area contributed by atoms with E-state index in [0.717, 1.165) is 50.1 Å². The Morgan fingerprint density at radius 1 is 1.16 bits per heavy atom. The number of rotatable bonds is 5. The third-order valence-corrected chi connectivity index (χ3v) is 10.2. The van der Waals surface area contributed by atoms with Gasteiger partial charge in [0.15, 0.2) is 0 Å². The molecule has 4 nitrogen and oxygen atoms in total. The Hall–Kier alpha value is -1.55. The summed E-state index contributed by atoms with van der Waals surface area (Å²) in [6.07, 6.45) is 9.76. The van der Waals surface area contributed by atoms with Gasteiger partial charge in [-0.3, -0.25) is 4.79 Å². The van der Waals surface area contributed by atoms with E-state index in [4.69, 9.17) is 4.74 Å². The van der Waals surface area contributed by atoms with Crippen LogP contribution in [-0.2, 0) is 11.2 Å². The van der Waals surface area contributed by atoms with E-state index in [1.807, 2.05) is 0 Å². The van der Waals surface area contributed by atoms with E-state index in [1.165, 1.54) is 44.2 Å². The highest BCUT2D eigenvalue weighted by atomic mass is 16.5. The summed E-state index contributed by atoms with van der Waals surface area (Å²) in [5.41, 5.74) is 3.18. The van der Waals surface area contributed by atoms with Gasteiger partial charge < -0.3 is 14.5 Å². The quantitative estimate of drug-likeness (QED) is 0.618. The van der Waals surface area contributed by atoms with Crippen molar-refractivity contribution in [2.24, 2.45) is 23.7 Å². The molecule has 2 saturated heterocycles. The fourth-order valence-corrected chi connectivity index (χ4v) is 8.23. The van der Waals surface area contributed by atoms with Gasteiger partial charge in [-0.05, 0) is 119 Å². The van der Waals surface area contributed by atoms with Crippen molar-refractivity contribution < 1.29 is 9.53 Å². The Kier molecular flexibility index (Phi) is 5.09. The number of nitrogens with zero attached hydrogens (tertiary/aromatic N) is 2. The molecule has 0 N–H and O–H groups in total. The molecule has 3 aliphatic carbocycles. The molecule has 1 amide bonds. The molecule has 1 aromatic rings. The van der Waals surface area contributed by atoms with Crippen molar-refractivity contribution in [2.75, 3.05) is 26.7 Å². The Balaban J connectivity index is 1.13. The number of carbonyl (C=O) groups is 1. The summed E-state index contributed by atoms with van der Waals surface area (Å²) < 4.78 is 6.18. The van der Waals surface area contributed by atoms with Crippen LogP contribution in [0.3, 0.4) is 0 Å². The number of likely N-dealkylation sites (tertiary alicyclic amines) is 2. The van der Waals surface area contributed by atoms with Gasteiger partial charge in [-0.2, -0.15) is 0 Å². The van der Waals surface area contributed by atoms with Crippen molar-refractivity contribution in [1.82, 2.24) is 9.80 Å². The van der Waals surface area contributed by atoms with Crippen molar-refractivity contribution in [1.29, 1.82) is 0 Å². The highest BCUT2D eigenvalue weighted by molar-refractivity contribution is 5.83. The molecule has 4 heteroatoms. The largest absolute Gasteiger partial charge is 0.494 e. The Labute approximate surface area is 193 Å². The minimum atomic E-state index is 0.0727. The monoisotopic (exact) mass is 436 g/mol. The van der Waals surface area contributed by atoms with Crippen molar-refractivity contribution in [3.63, 3.8) is 0 Å². The summed E-state index contributed by atoms with van der Waals surface area (Å²) in [6, 6.07) is 7.70. The average Bonchev–Trinajstić information content (AvgIpc) is 3.48. The van der Waals surface area contributed by atoms with Crippen LogP contribution in [0.5, 0.6) is 5.75 Å². The third kappa shape index (κ3) is 3.23. The van der Waals surface area contributed by atoms with E-state index >= 15 is 0 Å². The molecular weight excluding hydrogens is 396 g/mol. The number of fused-ring (bicyclic) bond motifs is 7. The van der Waals surface area contributed by atoms with Crippen LogP contribution in [0.15, 0.2) is 18.2 Å². The molecule has 2 heterocycles. The Morgan fingerprint density at radius 2 is 2.03 bits per heavy atom. The van der Waals surface area contributed by atoms with Crippen LogP contribution in [0.2, 0.25) is 0 Å². The highest BCUT2D eigenvalue weighted by Crippen LogP contribution is 2.64. The van der Waals surface area contributed by atoms with Crippen molar-refractivity contribution in [2.45, 2.75) is 82.7 Å². The summed E-state index contributed by atoms with van der Waals surface area (Å²) in [4.78, 5) is 17.5. The van der Waals surface area contributed by atoms with Crippen molar-refractivity contribution in [3.05, 3.63) is 29.3 Å². The molecule has 0 radical (unpaired) electrons. The molecule has 174 valence electrons. The number of hydrogen-bond acceptors (Lipinski definition) is 3. The number of benzene rings is 1. The van der Waals surface area contributed by atoms with Gasteiger partial charge in [-0.15, -0.1) is 0 Å². The van der Waals surface area contributed by atoms with E-state index in [2.05, 4.69) is 48.9 Å². The lowest BCUT2D eigenvalue weighted by Gasteiger charge is -2.57. The van der Waals surface area contributed by atoms with Crippen LogP contribution >= 0.6 is 0 Å². The summed E-state index contributed by atoms with van der Waals surface area (Å²) in [5, 5.41) is 0. The van der Waals surface area contributed by atoms with Crippen LogP contribution in [0.25, 0.3) is 0 Å². The van der Waals surface area contributed by atoms with E-state index < -0.39 is 0 Å². The number of aryl methyl sites for hydroxylation is 1. The van der Waals surface area contributed by atoms with E-state index in [9.17, 15) is 4.79 Å². The molecule has 0 spiro atoms. The molecule has 2 saturated carbocycles. The smallest absolute Gasteiger partial charge is 0.226 e. The SMILES string of the molecule is C[C@@H]1CCCN1CCCOc1ccc2c(c1)CC[C@H]1[C@@H]3[C@@H]4C[C@@H]4C(=O)N(C)[C@@]3(C)CC[C@H]21. The first-order valence-electron chi connectivity index (χ1n) is 13.2. The highest BCUT2D eigenvalue weighted by Gasteiger charge is 2.65. The minimum Gasteiger partial charge on any atom is -0.494 e. The lowest BCUT2D eigenvalue weighted by molar-refractivity contribution is -0.150. The van der Waals surface area contributed by atoms with Crippen LogP contribution in [-0.4, -0.2) is 54.0 Å². The topological polar surface area (TPSA) is 32.8 Å². The Bertz CT molecular complexity index is 899. The number of carbonyl (C=O) groups excluding carboxylic acids is 1. The second kappa shape index (κ2) is 7.75. The van der Waals surface area contributed by atoms with Gasteiger partial charge in [0.1, 0.15) is 5.75 Å². The van der Waals surface area contributed by atoms with Gasteiger partial charge >= 0.3 is 0 Å². The normalized spacial score (nSPS) is 40.3. The second-order valence-corrected chi connectivity index (χ2v) is 11.7. The first kappa shape index (κ1) is 21.0. The second-order valence-electron chi connectivity index (χ2n) is 11.7. The lowest BCUT2D eigenvalue weighted by atomic mass is 9.55. The van der Waals surface area contributed by atoms with Gasteiger partial charge in [0.25, 0.3) is 0 Å². The van der Waals surface area contributed by atoms with Crippen LogP contribution < -0.4 is 4.74 Å². The maximum atomic E-state index is 12.7. The predicted molar refractivity (Wildman–Crippen MR) is 127 cm³/mol. The van der Waals surface area contributed by atoms with E-state index in [0.29, 0.717) is 29.6 Å². The van der Waals surface area contributed by atoms with Gasteiger partial charge in [0, 0.05) is 31.1 Å². The van der Waals surface area contributed by atoms with Gasteiger partial charge in [-0.1, -0.05) is 6.07 Å². The molecule has 5 aliphatic rings. The standard InChI is InChI=1S/C28H40N2O2/c1-18-6-4-13-30(18)14-5-15-32-20-8-10-21-19(16-20)7-9-23-22(21)11-12-28(2)26(23)24-17-25(24)27(31)29(28)3/h8,10,16,18,22-26H,4-7,9,11-15,17H2,1-3H3/t18-,22-,23-,24-,25+,26-,28+/m1/s1. The van der Waals surface area contributed by atoms with Crippen molar-refractivity contribution in [3.8, 4) is 5.75 Å². The molecule has 7 atom stereocenters. The molecular formula is C28H40N2O2. The number of piperidine rings is 1. The zero-order valence-corrected chi connectivity index (χ0v) is 20.2. The molecule has 0 aromatic heterocycles. The fourth-order valence-electron chi connectivity index (χ4n) is 8.23. The first-order valence-corrected chi connectivity index (χ1v) is 13.2. The average molecular weight is 437 g/mol. The first-order chi connectivity index (χ1) is 15.5. The number of ether oxygens (including phenoxy) is 1. The molecule has 0 bridgehead atoms. The maximum Gasteiger partial charge on any atom is 0.226 e. The Morgan fingerprint density at radius 3 is 2.84 bits per heavy atom. The van der Waals surface area contributed by atoms with Gasteiger partial charge in [0.05, 0.1) is 6.61 Å². The van der Waals surface area contributed by atoms with Crippen LogP contribution in [0.4, 0.5) is 0 Å². The molecule has 4 fully saturated rings. The minimum absolute atomic E-state index is 0.0727. The summed E-state index contributed by atoms with van der Waals surface area (Å²) in [5.74, 6) is 4.56. The van der Waals surface area contributed by atoms with Crippen LogP contribution in [0, 0.1) is 23.7 Å². The summed E-state index contributed by atoms with van der Waals surface area (Å²) in [7, 11) is 2.08. The molecule has 0 unspecified atom stereocenters. The number of hydrogen-bond donors (Lipinski definition) is 0. The zero-order chi connectivity index (χ0) is 22.0. The molecule has 32 heavy (non-hydrogen) atoms. The summed E-state index contributed by atoms with van der Waals surface area (Å²) >= 11 is 0. The predicted octanol–water partition coefficient (Wildman–Crippen LogP) is 4.86. The molecule has 6 rings (SSSR count). The molecule has 1 aromatic carbocycles. The molecule has 2 aliphatic heterocycles. The van der Waals surface area contributed by atoms with E-state index in [-0.39, 0.29) is 5.54 Å². The van der Waals surface area contributed by atoms with Gasteiger partial charge in [-0.25, -0.2) is 0 Å². The van der Waals surface area contributed by atoms with Crippen molar-refractivity contribution >= 4 is 5.91 Å². The summed E-state index contributed by atoms with van der Waals surface area (Å²) in [6.45, 7) is 7.97. The van der Waals surface area contributed by atoms with Crippen LogP contribution in [0.1, 0.15) is 75.8 Å². The van der Waals surface area contributed by atoms with Gasteiger partial charge in [0.2, 0.25) is 5.91 Å². The lowest BCUT2D eigenvalue weighted by Crippen LogP contribution is -2.62. The van der Waals surface area contributed by atoms with E-state index in [1.54, 1.807) is 5.56 Å². The third-order valence-electron chi connectivity index (χ3n) is 10.2. The maximum absolute atomic E-state index is 12.7. The fraction of sp³-hybridized carbons (Fsp3) is 0.750. The number of amides is 1.